The summed E-state index contributed by atoms with van der Waals surface area (Å²) in [4.78, 5) is 0.0702. The first-order valence-corrected chi connectivity index (χ1v) is 7.71. The number of benzene rings is 1. The van der Waals surface area contributed by atoms with Crippen LogP contribution in [0.2, 0.25) is 0 Å². The number of hydrazine groups is 1. The molecule has 102 valence electrons. The van der Waals surface area contributed by atoms with Crippen LogP contribution in [0.15, 0.2) is 29.2 Å². The van der Waals surface area contributed by atoms with Gasteiger partial charge in [0.05, 0.1) is 10.6 Å². The highest BCUT2D eigenvalue weighted by Crippen LogP contribution is 2.20. The van der Waals surface area contributed by atoms with Crippen molar-refractivity contribution in [1.29, 1.82) is 0 Å². The van der Waals surface area contributed by atoms with Crippen molar-refractivity contribution in [3.63, 3.8) is 0 Å². The topological polar surface area (TPSA) is 66.6 Å². The van der Waals surface area contributed by atoms with E-state index in [4.69, 9.17) is 28.5 Å². The average molecular weight is 312 g/mol. The molecule has 0 saturated heterocycles. The predicted octanol–water partition coefficient (Wildman–Crippen LogP) is 1.77. The van der Waals surface area contributed by atoms with Gasteiger partial charge in [-0.1, -0.05) is 0 Å². The Hall–Kier alpha value is -0.530. The normalized spacial score (nSPS) is 11.8. The maximum absolute atomic E-state index is 11.1. The summed E-state index contributed by atoms with van der Waals surface area (Å²) in [7, 11) is -3.67. The van der Waals surface area contributed by atoms with Gasteiger partial charge in [-0.3, -0.25) is 5.01 Å². The fraction of sp³-hybridized carbons (Fsp3) is 0.400. The zero-order valence-corrected chi connectivity index (χ0v) is 12.2. The van der Waals surface area contributed by atoms with Crippen LogP contribution >= 0.6 is 23.4 Å². The molecule has 8 heteroatoms. The highest BCUT2D eigenvalue weighted by atomic mass is 35.5. The Labute approximate surface area is 117 Å². The van der Waals surface area contributed by atoms with Crippen LogP contribution in [0.4, 0.5) is 5.69 Å². The molecule has 0 aliphatic carbocycles. The molecule has 5 nitrogen and oxygen atoms in total. The zero-order valence-electron chi connectivity index (χ0n) is 9.88. The van der Waals surface area contributed by atoms with Gasteiger partial charge >= 0.3 is 0 Å². The van der Waals surface area contributed by atoms with Gasteiger partial charge in [0.1, 0.15) is 0 Å². The van der Waals surface area contributed by atoms with Gasteiger partial charge in [0.15, 0.2) is 0 Å². The molecule has 0 amide bonds. The number of nitrogens with two attached hydrogens (primary N) is 1. The molecule has 0 heterocycles. The molecule has 18 heavy (non-hydrogen) atoms. The van der Waals surface area contributed by atoms with Gasteiger partial charge in [0, 0.05) is 19.0 Å². The van der Waals surface area contributed by atoms with Crippen LogP contribution in [0, 0.1) is 0 Å². The fourth-order valence-electron chi connectivity index (χ4n) is 1.46. The van der Waals surface area contributed by atoms with Gasteiger partial charge in [0.2, 0.25) is 10.0 Å². The molecule has 0 bridgehead atoms. The van der Waals surface area contributed by atoms with Crippen LogP contribution < -0.4 is 10.1 Å². The molecule has 1 rings (SSSR count). The number of hydrogen-bond acceptors (Lipinski definition) is 4. The lowest BCUT2D eigenvalue weighted by atomic mass is 10.3. The van der Waals surface area contributed by atoms with Crippen LogP contribution in [-0.4, -0.2) is 31.9 Å². The first kappa shape index (κ1) is 15.5. The number of halogens is 2. The Balaban J connectivity index is 2.95. The third-order valence-corrected chi connectivity index (χ3v) is 3.74. The summed E-state index contributed by atoms with van der Waals surface area (Å²) >= 11 is 11.7. The van der Waals surface area contributed by atoms with Crippen LogP contribution in [0.25, 0.3) is 0 Å². The summed E-state index contributed by atoms with van der Waals surface area (Å²) in [5.41, 5.74) is 0.769. The molecule has 0 saturated carbocycles. The van der Waals surface area contributed by atoms with Gasteiger partial charge in [-0.15, -0.1) is 16.1 Å². The molecular formula is C10H15Cl2N3O2S. The zero-order chi connectivity index (χ0) is 13.8. The number of alkyl halides is 1. The van der Waals surface area contributed by atoms with E-state index < -0.39 is 10.0 Å². The Kier molecular flexibility index (Phi) is 5.68. The lowest BCUT2D eigenvalue weighted by Crippen LogP contribution is -2.37. The van der Waals surface area contributed by atoms with Crippen molar-refractivity contribution in [2.45, 2.75) is 11.8 Å². The smallest absolute Gasteiger partial charge is 0.238 e. The van der Waals surface area contributed by atoms with E-state index in [0.717, 1.165) is 5.69 Å². The molecule has 1 aromatic rings. The van der Waals surface area contributed by atoms with Crippen molar-refractivity contribution in [2.75, 3.05) is 24.0 Å². The molecule has 0 radical (unpaired) electrons. The van der Waals surface area contributed by atoms with E-state index >= 15 is 0 Å². The van der Waals surface area contributed by atoms with Gasteiger partial charge in [-0.25, -0.2) is 13.6 Å². The average Bonchev–Trinajstić information content (AvgIpc) is 2.30. The summed E-state index contributed by atoms with van der Waals surface area (Å²) in [6, 6.07) is 6.18. The molecule has 0 unspecified atom stereocenters. The maximum Gasteiger partial charge on any atom is 0.238 e. The highest BCUT2D eigenvalue weighted by molar-refractivity contribution is 7.89. The fourth-order valence-corrected chi connectivity index (χ4v) is 2.50. The van der Waals surface area contributed by atoms with Crippen molar-refractivity contribution in [2.24, 2.45) is 5.14 Å². The van der Waals surface area contributed by atoms with Gasteiger partial charge < -0.3 is 0 Å². The van der Waals surface area contributed by atoms with E-state index in [-0.39, 0.29) is 4.90 Å². The highest BCUT2D eigenvalue weighted by Gasteiger charge is 2.13. The Bertz CT molecular complexity index is 478. The monoisotopic (exact) mass is 311 g/mol. The van der Waals surface area contributed by atoms with Gasteiger partial charge in [0.25, 0.3) is 0 Å². The minimum atomic E-state index is -3.67. The molecule has 0 fully saturated rings. The van der Waals surface area contributed by atoms with E-state index in [1.807, 2.05) is 6.92 Å². The SMILES string of the molecule is CCN(c1ccc(S(N)(=O)=O)cc1)N(Cl)CCCl. The minimum Gasteiger partial charge on any atom is -0.292 e. The number of primary sulfonamides is 1. The number of hydrogen-bond donors (Lipinski definition) is 1. The molecule has 1 aromatic carbocycles. The third-order valence-electron chi connectivity index (χ3n) is 2.29. The van der Waals surface area contributed by atoms with Crippen molar-refractivity contribution in [3.05, 3.63) is 24.3 Å². The predicted molar refractivity (Wildman–Crippen MR) is 74.1 cm³/mol. The Morgan fingerprint density at radius 2 is 1.83 bits per heavy atom. The molecule has 0 spiro atoms. The summed E-state index contributed by atoms with van der Waals surface area (Å²) in [6.45, 7) is 3.04. The van der Waals surface area contributed by atoms with E-state index in [1.165, 1.54) is 16.7 Å². The maximum atomic E-state index is 11.1. The second-order valence-corrected chi connectivity index (χ2v) is 5.83. The summed E-state index contributed by atoms with van der Waals surface area (Å²) < 4.78 is 23.7. The lowest BCUT2D eigenvalue weighted by molar-refractivity contribution is 0.446. The second-order valence-electron chi connectivity index (χ2n) is 3.50. The van der Waals surface area contributed by atoms with Gasteiger partial charge in [-0.05, 0) is 43.0 Å². The molecule has 0 aliphatic rings. The van der Waals surface area contributed by atoms with E-state index in [0.29, 0.717) is 19.0 Å². The van der Waals surface area contributed by atoms with Gasteiger partial charge in [-0.2, -0.15) is 0 Å². The van der Waals surface area contributed by atoms with E-state index in [1.54, 1.807) is 17.1 Å². The molecular weight excluding hydrogens is 297 g/mol. The minimum absolute atomic E-state index is 0.0702. The number of sulfonamides is 1. The quantitative estimate of drug-likeness (QED) is 0.494. The van der Waals surface area contributed by atoms with Crippen molar-refractivity contribution in [1.82, 2.24) is 4.53 Å². The number of nitrogens with zero attached hydrogens (tertiary/aromatic N) is 2. The van der Waals surface area contributed by atoms with Crippen molar-refractivity contribution < 1.29 is 8.42 Å². The first-order valence-electron chi connectivity index (χ1n) is 5.29. The van der Waals surface area contributed by atoms with E-state index in [2.05, 4.69) is 0 Å². The number of anilines is 1. The molecule has 0 aliphatic heterocycles. The van der Waals surface area contributed by atoms with Crippen LogP contribution in [0.1, 0.15) is 6.92 Å². The second kappa shape index (κ2) is 6.58. The molecule has 2 N–H and O–H groups in total. The third kappa shape index (κ3) is 4.00. The first-order chi connectivity index (χ1) is 8.40. The molecule has 0 atom stereocenters. The largest absolute Gasteiger partial charge is 0.292 e. The van der Waals surface area contributed by atoms with Crippen molar-refractivity contribution >= 4 is 39.1 Å². The standard InChI is InChI=1S/C10H15Cl2N3O2S/c1-2-14(15(12)8-7-11)9-3-5-10(6-4-9)18(13,16)17/h3-6H,2,7-8H2,1H3,(H2,13,16,17). The summed E-state index contributed by atoms with van der Waals surface area (Å²) in [5.74, 6) is 0.398. The summed E-state index contributed by atoms with van der Waals surface area (Å²) in [6.07, 6.45) is 0. The Morgan fingerprint density at radius 1 is 1.28 bits per heavy atom. The lowest BCUT2D eigenvalue weighted by Gasteiger charge is -2.29. The van der Waals surface area contributed by atoms with Crippen LogP contribution in [0.5, 0.6) is 0 Å². The number of rotatable bonds is 6. The van der Waals surface area contributed by atoms with Crippen LogP contribution in [0.3, 0.4) is 0 Å². The Morgan fingerprint density at radius 3 is 2.22 bits per heavy atom. The van der Waals surface area contributed by atoms with Crippen LogP contribution in [-0.2, 0) is 10.0 Å². The summed E-state index contributed by atoms with van der Waals surface area (Å²) in [5, 5.41) is 6.80. The van der Waals surface area contributed by atoms with E-state index in [9.17, 15) is 8.42 Å². The van der Waals surface area contributed by atoms with Crippen molar-refractivity contribution in [3.8, 4) is 0 Å². The molecule has 0 aromatic heterocycles.